The lowest BCUT2D eigenvalue weighted by Gasteiger charge is -2.28. The highest BCUT2D eigenvalue weighted by atomic mass is 32.1. The van der Waals surface area contributed by atoms with E-state index in [0.29, 0.717) is 46.4 Å². The highest BCUT2D eigenvalue weighted by Gasteiger charge is 2.34. The summed E-state index contributed by atoms with van der Waals surface area (Å²) in [5, 5.41) is 5.06. The highest BCUT2D eigenvalue weighted by Crippen LogP contribution is 2.36. The number of rotatable bonds is 7. The van der Waals surface area contributed by atoms with Gasteiger partial charge in [0, 0.05) is 30.5 Å². The van der Waals surface area contributed by atoms with Crippen molar-refractivity contribution in [3.8, 4) is 17.0 Å². The zero-order valence-corrected chi connectivity index (χ0v) is 19.8. The molecule has 0 radical (unpaired) electrons. The van der Waals surface area contributed by atoms with Gasteiger partial charge in [-0.3, -0.25) is 24.1 Å². The monoisotopic (exact) mass is 490 g/mol. The molecular formula is C25H22N4O5S. The molecule has 0 saturated carbocycles. The van der Waals surface area contributed by atoms with E-state index in [1.165, 1.54) is 16.2 Å². The van der Waals surface area contributed by atoms with Crippen LogP contribution < -0.4 is 15.0 Å². The maximum atomic E-state index is 12.4. The van der Waals surface area contributed by atoms with Crippen molar-refractivity contribution in [1.29, 1.82) is 0 Å². The van der Waals surface area contributed by atoms with Gasteiger partial charge >= 0.3 is 0 Å². The number of ether oxygens (including phenoxy) is 1. The van der Waals surface area contributed by atoms with E-state index in [9.17, 15) is 19.2 Å². The predicted octanol–water partition coefficient (Wildman–Crippen LogP) is 3.57. The van der Waals surface area contributed by atoms with Crippen LogP contribution in [-0.2, 0) is 9.59 Å². The van der Waals surface area contributed by atoms with Gasteiger partial charge in [0.05, 0.1) is 22.5 Å². The Labute approximate surface area is 205 Å². The number of thiazole rings is 1. The first-order chi connectivity index (χ1) is 17.0. The van der Waals surface area contributed by atoms with E-state index in [0.717, 1.165) is 5.56 Å². The van der Waals surface area contributed by atoms with E-state index in [4.69, 9.17) is 4.74 Å². The minimum atomic E-state index is -0.325. The number of likely N-dealkylation sites (N-methyl/N-ethyl adjacent to an activating group) is 1. The van der Waals surface area contributed by atoms with Crippen molar-refractivity contribution in [3.63, 3.8) is 0 Å². The summed E-state index contributed by atoms with van der Waals surface area (Å²) in [5.41, 5.74) is 2.99. The van der Waals surface area contributed by atoms with Crippen LogP contribution in [0, 0.1) is 0 Å². The highest BCUT2D eigenvalue weighted by molar-refractivity contribution is 7.14. The van der Waals surface area contributed by atoms with Crippen LogP contribution >= 0.6 is 11.3 Å². The van der Waals surface area contributed by atoms with Gasteiger partial charge < -0.3 is 15.0 Å². The molecule has 0 aliphatic carbocycles. The third-order valence-electron chi connectivity index (χ3n) is 5.93. The summed E-state index contributed by atoms with van der Waals surface area (Å²) < 4.78 is 5.51. The molecule has 2 aliphatic rings. The van der Waals surface area contributed by atoms with Crippen LogP contribution in [0.4, 0.5) is 10.8 Å². The van der Waals surface area contributed by atoms with Gasteiger partial charge in [-0.2, -0.15) is 0 Å². The first-order valence-electron chi connectivity index (χ1n) is 11.2. The molecule has 3 aromatic rings. The molecule has 4 amide bonds. The summed E-state index contributed by atoms with van der Waals surface area (Å²) in [6, 6.07) is 12.3. The van der Waals surface area contributed by atoms with E-state index >= 15 is 0 Å². The van der Waals surface area contributed by atoms with E-state index in [-0.39, 0.29) is 43.2 Å². The second-order valence-corrected chi connectivity index (χ2v) is 8.96. The van der Waals surface area contributed by atoms with Gasteiger partial charge in [-0.1, -0.05) is 12.1 Å². The van der Waals surface area contributed by atoms with Crippen molar-refractivity contribution in [3.05, 3.63) is 59.0 Å². The predicted molar refractivity (Wildman–Crippen MR) is 131 cm³/mol. The SMILES string of the molecule is CCN1C(=O)COc2ccc(-c3csc(NC(=O)CCCN4C(=O)c5ccccc5C4=O)n3)cc21. The molecule has 0 bridgehead atoms. The lowest BCUT2D eigenvalue weighted by atomic mass is 10.1. The standard InChI is InChI=1S/C25H22N4O5S/c1-2-28-19-12-15(9-10-20(19)34-13-22(28)31)18-14-35-25(26-18)27-21(30)8-5-11-29-23(32)16-6-3-4-7-17(16)24(29)33/h3-4,6-7,9-10,12,14H,2,5,8,11,13H2,1H3,(H,26,27,30). The van der Waals surface area contributed by atoms with Crippen molar-refractivity contribution in [2.24, 2.45) is 0 Å². The molecule has 0 spiro atoms. The Bertz CT molecular complexity index is 1320. The summed E-state index contributed by atoms with van der Waals surface area (Å²) in [4.78, 5) is 56.8. The molecule has 2 aliphatic heterocycles. The van der Waals surface area contributed by atoms with E-state index in [2.05, 4.69) is 10.3 Å². The second kappa shape index (κ2) is 9.30. The molecule has 0 fully saturated rings. The molecular weight excluding hydrogens is 468 g/mol. The maximum Gasteiger partial charge on any atom is 0.265 e. The minimum Gasteiger partial charge on any atom is -0.482 e. The van der Waals surface area contributed by atoms with E-state index in [1.54, 1.807) is 29.2 Å². The normalized spacial score (nSPS) is 14.6. The van der Waals surface area contributed by atoms with Gasteiger partial charge in [0.2, 0.25) is 5.91 Å². The Morgan fingerprint density at radius 3 is 2.54 bits per heavy atom. The zero-order valence-electron chi connectivity index (χ0n) is 18.9. The fraction of sp³-hybridized carbons (Fsp3) is 0.240. The lowest BCUT2D eigenvalue weighted by Crippen LogP contribution is -2.38. The quantitative estimate of drug-likeness (QED) is 0.507. The molecule has 1 aromatic heterocycles. The lowest BCUT2D eigenvalue weighted by molar-refractivity contribution is -0.121. The first kappa shape index (κ1) is 22.7. The van der Waals surface area contributed by atoms with Crippen LogP contribution in [0.5, 0.6) is 5.75 Å². The summed E-state index contributed by atoms with van der Waals surface area (Å²) in [6.07, 6.45) is 0.493. The summed E-state index contributed by atoms with van der Waals surface area (Å²) >= 11 is 1.29. The number of hydrogen-bond acceptors (Lipinski definition) is 7. The molecule has 0 saturated heterocycles. The van der Waals surface area contributed by atoms with Crippen molar-refractivity contribution < 1.29 is 23.9 Å². The van der Waals surface area contributed by atoms with Crippen LogP contribution in [0.1, 0.15) is 40.5 Å². The topological polar surface area (TPSA) is 109 Å². The molecule has 5 rings (SSSR count). The van der Waals surface area contributed by atoms with Gasteiger partial charge in [0.15, 0.2) is 11.7 Å². The number of amides is 4. The third kappa shape index (κ3) is 4.28. The fourth-order valence-corrected chi connectivity index (χ4v) is 4.93. The molecule has 10 heteroatoms. The number of carbonyl (C=O) groups excluding carboxylic acids is 4. The molecule has 35 heavy (non-hydrogen) atoms. The van der Waals surface area contributed by atoms with Crippen LogP contribution in [0.15, 0.2) is 47.8 Å². The Morgan fingerprint density at radius 1 is 1.09 bits per heavy atom. The van der Waals surface area contributed by atoms with Crippen LogP contribution in [0.3, 0.4) is 0 Å². The van der Waals surface area contributed by atoms with Crippen molar-refractivity contribution in [2.75, 3.05) is 29.9 Å². The Balaban J connectivity index is 1.18. The molecule has 2 aromatic carbocycles. The average Bonchev–Trinajstić information content (AvgIpc) is 3.42. The van der Waals surface area contributed by atoms with Crippen LogP contribution in [0.2, 0.25) is 0 Å². The van der Waals surface area contributed by atoms with Crippen LogP contribution in [-0.4, -0.2) is 53.2 Å². The van der Waals surface area contributed by atoms with Gasteiger partial charge in [0.25, 0.3) is 17.7 Å². The molecule has 1 N–H and O–H groups in total. The maximum absolute atomic E-state index is 12.4. The number of hydrogen-bond donors (Lipinski definition) is 1. The molecule has 3 heterocycles. The Kier molecular flexibility index (Phi) is 6.04. The smallest absolute Gasteiger partial charge is 0.265 e. The third-order valence-corrected chi connectivity index (χ3v) is 6.69. The van der Waals surface area contributed by atoms with Crippen LogP contribution in [0.25, 0.3) is 11.3 Å². The number of imide groups is 1. The van der Waals surface area contributed by atoms with Crippen molar-refractivity contribution in [2.45, 2.75) is 19.8 Å². The van der Waals surface area contributed by atoms with Gasteiger partial charge in [-0.05, 0) is 43.7 Å². The molecule has 0 unspecified atom stereocenters. The number of fused-ring (bicyclic) bond motifs is 2. The number of carbonyl (C=O) groups is 4. The fourth-order valence-electron chi connectivity index (χ4n) is 4.19. The first-order valence-corrected chi connectivity index (χ1v) is 12.1. The number of nitrogens with zero attached hydrogens (tertiary/aromatic N) is 3. The molecule has 9 nitrogen and oxygen atoms in total. The average molecular weight is 491 g/mol. The Morgan fingerprint density at radius 2 is 1.83 bits per heavy atom. The van der Waals surface area contributed by atoms with Gasteiger partial charge in [-0.15, -0.1) is 11.3 Å². The van der Waals surface area contributed by atoms with E-state index < -0.39 is 0 Å². The van der Waals surface area contributed by atoms with Crippen molar-refractivity contribution in [1.82, 2.24) is 9.88 Å². The Hall–Kier alpha value is -4.05. The van der Waals surface area contributed by atoms with Crippen molar-refractivity contribution >= 4 is 45.8 Å². The molecule has 178 valence electrons. The summed E-state index contributed by atoms with van der Waals surface area (Å²) in [5.74, 6) is -0.338. The minimum absolute atomic E-state index is 0.0279. The van der Waals surface area contributed by atoms with Gasteiger partial charge in [-0.25, -0.2) is 4.98 Å². The number of aromatic nitrogens is 1. The summed E-state index contributed by atoms with van der Waals surface area (Å²) in [7, 11) is 0. The number of anilines is 2. The van der Waals surface area contributed by atoms with Gasteiger partial charge in [0.1, 0.15) is 5.75 Å². The number of benzene rings is 2. The van der Waals surface area contributed by atoms with E-state index in [1.807, 2.05) is 30.5 Å². The largest absolute Gasteiger partial charge is 0.482 e. The number of nitrogens with one attached hydrogen (secondary N) is 1. The summed E-state index contributed by atoms with van der Waals surface area (Å²) in [6.45, 7) is 2.65. The zero-order chi connectivity index (χ0) is 24.5. The second-order valence-electron chi connectivity index (χ2n) is 8.11. The molecule has 0 atom stereocenters.